The van der Waals surface area contributed by atoms with E-state index in [4.69, 9.17) is 27.9 Å². The number of hydrogen-bond donors (Lipinski definition) is 1. The van der Waals surface area contributed by atoms with Crippen LogP contribution in [0.25, 0.3) is 0 Å². The minimum atomic E-state index is -0.298. The van der Waals surface area contributed by atoms with Crippen LogP contribution in [0.4, 0.5) is 5.69 Å². The molecule has 1 aliphatic heterocycles. The van der Waals surface area contributed by atoms with Crippen molar-refractivity contribution in [3.8, 4) is 0 Å². The van der Waals surface area contributed by atoms with Gasteiger partial charge in [0.15, 0.2) is 0 Å². The molecule has 2 aliphatic carbocycles. The van der Waals surface area contributed by atoms with Crippen molar-refractivity contribution in [2.75, 3.05) is 5.32 Å². The second kappa shape index (κ2) is 4.62. The lowest BCUT2D eigenvalue weighted by molar-refractivity contribution is -0.145. The summed E-state index contributed by atoms with van der Waals surface area (Å²) in [6.45, 7) is 0. The fourth-order valence-corrected chi connectivity index (χ4v) is 4.63. The number of ether oxygens (including phenoxy) is 1. The smallest absolute Gasteiger partial charge is 0.310 e. The minimum absolute atomic E-state index is 0.0377. The number of amides is 1. The number of carbonyl (C=O) groups excluding carboxylic acids is 2. The number of anilines is 1. The van der Waals surface area contributed by atoms with Crippen LogP contribution in [0.5, 0.6) is 0 Å². The number of benzene rings is 1. The maximum Gasteiger partial charge on any atom is 0.310 e. The van der Waals surface area contributed by atoms with Gasteiger partial charge in [-0.2, -0.15) is 0 Å². The quantitative estimate of drug-likeness (QED) is 0.850. The molecule has 6 heteroatoms. The number of nitrogens with one attached hydrogen (secondary N) is 1. The van der Waals surface area contributed by atoms with Crippen molar-refractivity contribution in [2.45, 2.75) is 18.9 Å². The zero-order chi connectivity index (χ0) is 14.7. The van der Waals surface area contributed by atoms with Gasteiger partial charge in [-0.05, 0) is 37.0 Å². The summed E-state index contributed by atoms with van der Waals surface area (Å²) in [4.78, 5) is 24.5. The number of rotatable bonds is 2. The molecule has 1 aromatic carbocycles. The van der Waals surface area contributed by atoms with Crippen LogP contribution in [0.3, 0.4) is 0 Å². The highest BCUT2D eigenvalue weighted by Gasteiger charge is 2.63. The number of esters is 1. The van der Waals surface area contributed by atoms with Crippen molar-refractivity contribution in [3.63, 3.8) is 0 Å². The molecule has 1 N–H and O–H groups in total. The van der Waals surface area contributed by atoms with Gasteiger partial charge in [0.05, 0.1) is 22.5 Å². The summed E-state index contributed by atoms with van der Waals surface area (Å²) in [5.41, 5.74) is 0.525. The molecule has 5 atom stereocenters. The molecule has 1 amide bonds. The molecule has 2 saturated carbocycles. The van der Waals surface area contributed by atoms with E-state index in [2.05, 4.69) is 5.32 Å². The highest BCUT2D eigenvalue weighted by molar-refractivity contribution is 6.36. The van der Waals surface area contributed by atoms with Crippen molar-refractivity contribution in [3.05, 3.63) is 28.2 Å². The van der Waals surface area contributed by atoms with Gasteiger partial charge in [-0.3, -0.25) is 9.59 Å². The third kappa shape index (κ3) is 1.96. The lowest BCUT2D eigenvalue weighted by atomic mass is 9.79. The lowest BCUT2D eigenvalue weighted by Gasteiger charge is -2.23. The number of carbonyl (C=O) groups is 2. The summed E-state index contributed by atoms with van der Waals surface area (Å²) in [6, 6.07) is 4.93. The summed E-state index contributed by atoms with van der Waals surface area (Å²) in [6.07, 6.45) is 1.75. The topological polar surface area (TPSA) is 55.4 Å². The largest absolute Gasteiger partial charge is 0.462 e. The second-order valence-corrected chi connectivity index (χ2v) is 6.88. The molecule has 110 valence electrons. The molecule has 0 aromatic heterocycles. The second-order valence-electron chi connectivity index (χ2n) is 6.04. The van der Waals surface area contributed by atoms with Gasteiger partial charge in [0.2, 0.25) is 5.91 Å². The average Bonchev–Trinajstić information content (AvgIpc) is 3.02. The maximum absolute atomic E-state index is 12.6. The monoisotopic (exact) mass is 325 g/mol. The summed E-state index contributed by atoms with van der Waals surface area (Å²) in [7, 11) is 0. The van der Waals surface area contributed by atoms with Crippen LogP contribution >= 0.6 is 23.2 Å². The van der Waals surface area contributed by atoms with Crippen LogP contribution in [-0.2, 0) is 14.3 Å². The van der Waals surface area contributed by atoms with E-state index in [0.717, 1.165) is 12.8 Å². The molecule has 21 heavy (non-hydrogen) atoms. The molecule has 0 radical (unpaired) electrons. The SMILES string of the molecule is O=C(Nc1ccc(Cl)cc1Cl)[C@@H]1[C@@H]2C[C@@H]3[C@H]1C(=O)O[C@@H]3C2. The zero-order valence-corrected chi connectivity index (χ0v) is 12.5. The molecule has 3 aliphatic rings. The van der Waals surface area contributed by atoms with Crippen LogP contribution in [0, 0.1) is 23.7 Å². The normalized spacial score (nSPS) is 35.9. The first-order chi connectivity index (χ1) is 10.0. The van der Waals surface area contributed by atoms with Gasteiger partial charge in [-0.15, -0.1) is 0 Å². The summed E-state index contributed by atoms with van der Waals surface area (Å²) < 4.78 is 5.35. The molecule has 4 nitrogen and oxygen atoms in total. The first kappa shape index (κ1) is 13.4. The average molecular weight is 326 g/mol. The number of fused-ring (bicyclic) bond motifs is 1. The molecule has 3 fully saturated rings. The van der Waals surface area contributed by atoms with Gasteiger partial charge in [-0.25, -0.2) is 0 Å². The predicted octanol–water partition coefficient (Wildman–Crippen LogP) is 3.13. The number of halogens is 2. The van der Waals surface area contributed by atoms with Crippen molar-refractivity contribution in [2.24, 2.45) is 23.7 Å². The summed E-state index contributed by atoms with van der Waals surface area (Å²) in [5.74, 6) is -0.476. The Morgan fingerprint density at radius 1 is 1.29 bits per heavy atom. The Labute approximate surface area is 131 Å². The van der Waals surface area contributed by atoms with E-state index < -0.39 is 0 Å². The summed E-state index contributed by atoms with van der Waals surface area (Å²) in [5, 5.41) is 3.74. The van der Waals surface area contributed by atoms with E-state index in [1.54, 1.807) is 18.2 Å². The lowest BCUT2D eigenvalue weighted by Crippen LogP contribution is -2.35. The first-order valence-electron chi connectivity index (χ1n) is 7.01. The Balaban J connectivity index is 1.57. The minimum Gasteiger partial charge on any atom is -0.462 e. The van der Waals surface area contributed by atoms with Crippen LogP contribution in [-0.4, -0.2) is 18.0 Å². The summed E-state index contributed by atoms with van der Waals surface area (Å²) >= 11 is 11.9. The Bertz CT molecular complexity index is 646. The Morgan fingerprint density at radius 2 is 2.10 bits per heavy atom. The highest BCUT2D eigenvalue weighted by Crippen LogP contribution is 2.57. The molecule has 1 saturated heterocycles. The van der Waals surface area contributed by atoms with E-state index in [0.29, 0.717) is 15.7 Å². The van der Waals surface area contributed by atoms with Crippen molar-refractivity contribution >= 4 is 40.8 Å². The Hall–Kier alpha value is -1.26. The molecule has 0 unspecified atom stereocenters. The van der Waals surface area contributed by atoms with E-state index in [-0.39, 0.29) is 41.7 Å². The van der Waals surface area contributed by atoms with Gasteiger partial charge in [-0.1, -0.05) is 23.2 Å². The Morgan fingerprint density at radius 3 is 2.86 bits per heavy atom. The van der Waals surface area contributed by atoms with Crippen LogP contribution in [0.1, 0.15) is 12.8 Å². The van der Waals surface area contributed by atoms with Gasteiger partial charge in [0, 0.05) is 10.9 Å². The first-order valence-corrected chi connectivity index (χ1v) is 7.76. The van der Waals surface area contributed by atoms with E-state index in [1.807, 2.05) is 0 Å². The third-order valence-corrected chi connectivity index (χ3v) is 5.52. The highest BCUT2D eigenvalue weighted by atomic mass is 35.5. The maximum atomic E-state index is 12.6. The molecule has 0 spiro atoms. The van der Waals surface area contributed by atoms with Gasteiger partial charge in [0.25, 0.3) is 0 Å². The van der Waals surface area contributed by atoms with Crippen molar-refractivity contribution < 1.29 is 14.3 Å². The van der Waals surface area contributed by atoms with Crippen LogP contribution < -0.4 is 5.32 Å². The van der Waals surface area contributed by atoms with E-state index in [9.17, 15) is 9.59 Å². The predicted molar refractivity (Wildman–Crippen MR) is 78.2 cm³/mol. The molecular formula is C15H13Cl2NO3. The van der Waals surface area contributed by atoms with Crippen LogP contribution in [0.2, 0.25) is 10.0 Å². The van der Waals surface area contributed by atoms with Gasteiger partial charge in [0.1, 0.15) is 6.10 Å². The van der Waals surface area contributed by atoms with Crippen LogP contribution in [0.15, 0.2) is 18.2 Å². The third-order valence-electron chi connectivity index (χ3n) is 4.97. The van der Waals surface area contributed by atoms with E-state index >= 15 is 0 Å². The zero-order valence-electron chi connectivity index (χ0n) is 11.0. The fraction of sp³-hybridized carbons (Fsp3) is 0.467. The van der Waals surface area contributed by atoms with Gasteiger partial charge < -0.3 is 10.1 Å². The molecule has 1 heterocycles. The fourth-order valence-electron chi connectivity index (χ4n) is 4.17. The molecule has 4 rings (SSSR count). The molecule has 1 aromatic rings. The van der Waals surface area contributed by atoms with Crippen molar-refractivity contribution in [1.82, 2.24) is 0 Å². The molecule has 2 bridgehead atoms. The van der Waals surface area contributed by atoms with Gasteiger partial charge >= 0.3 is 5.97 Å². The molecular weight excluding hydrogens is 313 g/mol. The Kier molecular flexibility index (Phi) is 2.95. The standard InChI is InChI=1S/C15H13Cl2NO3/c16-7-1-2-10(9(17)5-7)18-14(19)12-6-3-8-11(4-6)21-15(20)13(8)12/h1-2,5-6,8,11-13H,3-4H2,(H,18,19)/t6-,8+,11-,12-,13-/m1/s1. The van der Waals surface area contributed by atoms with E-state index in [1.165, 1.54) is 0 Å². The number of hydrogen-bond acceptors (Lipinski definition) is 3. The van der Waals surface area contributed by atoms with Crippen molar-refractivity contribution in [1.29, 1.82) is 0 Å².